The average molecular weight is 467 g/mol. The van der Waals surface area contributed by atoms with Crippen LogP contribution in [0.5, 0.6) is 0 Å². The summed E-state index contributed by atoms with van der Waals surface area (Å²) in [5.74, 6) is 0.267. The Labute approximate surface area is 195 Å². The maximum absolute atomic E-state index is 13.3. The number of sulfonamides is 1. The zero-order valence-electron chi connectivity index (χ0n) is 19.3. The number of rotatable bonds is 6. The molecule has 0 aliphatic carbocycles. The van der Waals surface area contributed by atoms with Crippen molar-refractivity contribution < 1.29 is 13.2 Å². The van der Waals surface area contributed by atoms with Crippen LogP contribution in [-0.2, 0) is 21.4 Å². The molecule has 1 aliphatic heterocycles. The average Bonchev–Trinajstić information content (AvgIpc) is 3.08. The molecule has 0 radical (unpaired) electrons. The first-order valence-corrected chi connectivity index (χ1v) is 12.7. The molecule has 4 rings (SSSR count). The first kappa shape index (κ1) is 23.2. The van der Waals surface area contributed by atoms with Gasteiger partial charge in [-0.2, -0.15) is 9.40 Å². The standard InChI is InChI=1S/C25H30N4O3S/c1-18-13-15-28(16-14-18)33(31,32)25-19(2)27-29(20(25)3)17-24(30)26-23-12-8-7-11-22(23)21-9-5-4-6-10-21/h4-12,18H,13-17H2,1-3H3,(H,26,30). The molecule has 1 fully saturated rings. The topological polar surface area (TPSA) is 84.3 Å². The Bertz CT molecular complexity index is 1240. The molecule has 0 unspecified atom stereocenters. The van der Waals surface area contributed by atoms with Gasteiger partial charge in [0.2, 0.25) is 15.9 Å². The van der Waals surface area contributed by atoms with Crippen LogP contribution < -0.4 is 5.32 Å². The number of hydrogen-bond donors (Lipinski definition) is 1. The van der Waals surface area contributed by atoms with Crippen molar-refractivity contribution >= 4 is 21.6 Å². The molecular formula is C25H30N4O3S. The van der Waals surface area contributed by atoms with E-state index in [-0.39, 0.29) is 17.3 Å². The summed E-state index contributed by atoms with van der Waals surface area (Å²) < 4.78 is 29.6. The molecular weight excluding hydrogens is 436 g/mol. The molecule has 7 nitrogen and oxygen atoms in total. The molecule has 1 N–H and O–H groups in total. The normalized spacial score (nSPS) is 15.5. The minimum absolute atomic E-state index is 0.0671. The van der Waals surface area contributed by atoms with Crippen LogP contribution in [0.2, 0.25) is 0 Å². The number of aromatic nitrogens is 2. The number of carbonyl (C=O) groups is 1. The van der Waals surface area contributed by atoms with Crippen LogP contribution in [0.4, 0.5) is 5.69 Å². The van der Waals surface area contributed by atoms with E-state index in [1.165, 1.54) is 4.68 Å². The fourth-order valence-electron chi connectivity index (χ4n) is 4.35. The number of amides is 1. The van der Waals surface area contributed by atoms with Crippen LogP contribution >= 0.6 is 0 Å². The third-order valence-corrected chi connectivity index (χ3v) is 8.39. The molecule has 0 bridgehead atoms. The summed E-state index contributed by atoms with van der Waals surface area (Å²) in [6.45, 7) is 6.51. The smallest absolute Gasteiger partial charge is 0.246 e. The summed E-state index contributed by atoms with van der Waals surface area (Å²) in [6.07, 6.45) is 1.71. The highest BCUT2D eigenvalue weighted by Crippen LogP contribution is 2.29. The summed E-state index contributed by atoms with van der Waals surface area (Å²) in [7, 11) is -3.65. The Kier molecular flexibility index (Phi) is 6.67. The molecule has 1 amide bonds. The number of nitrogens with zero attached hydrogens (tertiary/aromatic N) is 3. The summed E-state index contributed by atoms with van der Waals surface area (Å²) >= 11 is 0. The number of carbonyl (C=O) groups excluding carboxylic acids is 1. The van der Waals surface area contributed by atoms with E-state index >= 15 is 0 Å². The van der Waals surface area contributed by atoms with Gasteiger partial charge in [0, 0.05) is 24.3 Å². The van der Waals surface area contributed by atoms with Gasteiger partial charge in [-0.25, -0.2) is 8.42 Å². The van der Waals surface area contributed by atoms with E-state index in [0.717, 1.165) is 24.0 Å². The van der Waals surface area contributed by atoms with Gasteiger partial charge in [-0.05, 0) is 44.2 Å². The van der Waals surface area contributed by atoms with Crippen molar-refractivity contribution in [3.8, 4) is 11.1 Å². The number of piperidine rings is 1. The molecule has 0 atom stereocenters. The van der Waals surface area contributed by atoms with Gasteiger partial charge in [0.05, 0.1) is 11.4 Å². The molecule has 174 valence electrons. The minimum Gasteiger partial charge on any atom is -0.324 e. The van der Waals surface area contributed by atoms with E-state index in [2.05, 4.69) is 17.3 Å². The summed E-state index contributed by atoms with van der Waals surface area (Å²) in [6, 6.07) is 17.4. The molecule has 0 saturated carbocycles. The van der Waals surface area contributed by atoms with E-state index in [1.807, 2.05) is 54.6 Å². The van der Waals surface area contributed by atoms with Crippen molar-refractivity contribution in [3.63, 3.8) is 0 Å². The zero-order chi connectivity index (χ0) is 23.6. The minimum atomic E-state index is -3.65. The van der Waals surface area contributed by atoms with Gasteiger partial charge in [-0.1, -0.05) is 55.5 Å². The summed E-state index contributed by atoms with van der Waals surface area (Å²) in [5.41, 5.74) is 3.53. The van der Waals surface area contributed by atoms with Crippen LogP contribution in [0.3, 0.4) is 0 Å². The van der Waals surface area contributed by atoms with Gasteiger partial charge in [0.1, 0.15) is 11.4 Å². The van der Waals surface area contributed by atoms with Crippen LogP contribution in [0.15, 0.2) is 59.5 Å². The number of benzene rings is 2. The molecule has 2 aromatic carbocycles. The molecule has 33 heavy (non-hydrogen) atoms. The first-order chi connectivity index (χ1) is 15.8. The Morgan fingerprint density at radius 2 is 1.67 bits per heavy atom. The van der Waals surface area contributed by atoms with E-state index in [9.17, 15) is 13.2 Å². The van der Waals surface area contributed by atoms with Crippen molar-refractivity contribution in [1.29, 1.82) is 0 Å². The highest BCUT2D eigenvalue weighted by molar-refractivity contribution is 7.89. The van der Waals surface area contributed by atoms with Gasteiger partial charge in [-0.3, -0.25) is 9.48 Å². The van der Waals surface area contributed by atoms with Crippen molar-refractivity contribution in [3.05, 3.63) is 66.0 Å². The van der Waals surface area contributed by atoms with Gasteiger partial charge in [0.15, 0.2) is 0 Å². The van der Waals surface area contributed by atoms with Crippen molar-refractivity contribution in [2.45, 2.75) is 45.1 Å². The molecule has 1 saturated heterocycles. The van der Waals surface area contributed by atoms with E-state index < -0.39 is 10.0 Å². The highest BCUT2D eigenvalue weighted by Gasteiger charge is 2.33. The van der Waals surface area contributed by atoms with Gasteiger partial charge in [-0.15, -0.1) is 0 Å². The second-order valence-corrected chi connectivity index (χ2v) is 10.6. The number of hydrogen-bond acceptors (Lipinski definition) is 4. The van der Waals surface area contributed by atoms with Crippen LogP contribution in [0, 0.1) is 19.8 Å². The largest absolute Gasteiger partial charge is 0.324 e. The van der Waals surface area contributed by atoms with Crippen LogP contribution in [-0.4, -0.2) is 41.5 Å². The number of para-hydroxylation sites is 1. The van der Waals surface area contributed by atoms with Crippen molar-refractivity contribution in [2.75, 3.05) is 18.4 Å². The second-order valence-electron chi connectivity index (χ2n) is 8.70. The highest BCUT2D eigenvalue weighted by atomic mass is 32.2. The number of nitrogens with one attached hydrogen (secondary N) is 1. The fraction of sp³-hybridized carbons (Fsp3) is 0.360. The van der Waals surface area contributed by atoms with E-state index in [1.54, 1.807) is 18.2 Å². The molecule has 2 heterocycles. The molecule has 3 aromatic rings. The summed E-state index contributed by atoms with van der Waals surface area (Å²) in [5, 5.41) is 7.36. The predicted octanol–water partition coefficient (Wildman–Crippen LogP) is 4.23. The third kappa shape index (κ3) is 4.86. The maximum atomic E-state index is 13.3. The summed E-state index contributed by atoms with van der Waals surface area (Å²) in [4.78, 5) is 13.1. The Morgan fingerprint density at radius 1 is 1.03 bits per heavy atom. The third-order valence-electron chi connectivity index (χ3n) is 6.23. The number of anilines is 1. The van der Waals surface area contributed by atoms with E-state index in [4.69, 9.17) is 0 Å². The Morgan fingerprint density at radius 3 is 2.36 bits per heavy atom. The van der Waals surface area contributed by atoms with Gasteiger partial charge < -0.3 is 5.32 Å². The van der Waals surface area contributed by atoms with Crippen LogP contribution in [0.25, 0.3) is 11.1 Å². The molecule has 1 aliphatic rings. The fourth-order valence-corrected chi connectivity index (χ4v) is 6.19. The van der Waals surface area contributed by atoms with E-state index in [0.29, 0.717) is 36.1 Å². The Balaban J connectivity index is 1.54. The zero-order valence-corrected chi connectivity index (χ0v) is 20.1. The maximum Gasteiger partial charge on any atom is 0.246 e. The lowest BCUT2D eigenvalue weighted by molar-refractivity contribution is -0.116. The van der Waals surface area contributed by atoms with Gasteiger partial charge >= 0.3 is 0 Å². The molecule has 1 aromatic heterocycles. The van der Waals surface area contributed by atoms with Crippen molar-refractivity contribution in [2.24, 2.45) is 5.92 Å². The number of aryl methyl sites for hydroxylation is 1. The Hall–Kier alpha value is -2.97. The molecule has 8 heteroatoms. The lowest BCUT2D eigenvalue weighted by Crippen LogP contribution is -2.38. The predicted molar refractivity (Wildman–Crippen MR) is 129 cm³/mol. The van der Waals surface area contributed by atoms with Crippen LogP contribution in [0.1, 0.15) is 31.2 Å². The van der Waals surface area contributed by atoms with Crippen molar-refractivity contribution in [1.82, 2.24) is 14.1 Å². The SMILES string of the molecule is Cc1nn(CC(=O)Nc2ccccc2-c2ccccc2)c(C)c1S(=O)(=O)N1CCC(C)CC1. The van der Waals surface area contributed by atoms with Gasteiger partial charge in [0.25, 0.3) is 0 Å². The lowest BCUT2D eigenvalue weighted by Gasteiger charge is -2.29. The molecule has 0 spiro atoms. The second kappa shape index (κ2) is 9.49. The monoisotopic (exact) mass is 466 g/mol. The quantitative estimate of drug-likeness (QED) is 0.589. The lowest BCUT2D eigenvalue weighted by atomic mass is 10.0. The first-order valence-electron chi connectivity index (χ1n) is 11.3.